The molecule has 22 heavy (non-hydrogen) atoms. The van der Waals surface area contributed by atoms with Crippen LogP contribution in [0.15, 0.2) is 61.2 Å². The molecule has 5 nitrogen and oxygen atoms in total. The molecule has 1 amide bonds. The lowest BCUT2D eigenvalue weighted by Gasteiger charge is -2.24. The molecule has 0 N–H and O–H groups in total. The number of hydrogen-bond donors (Lipinski definition) is 0. The second kappa shape index (κ2) is 7.36. The lowest BCUT2D eigenvalue weighted by Crippen LogP contribution is -2.27. The highest BCUT2D eigenvalue weighted by molar-refractivity contribution is 5.88. The van der Waals surface area contributed by atoms with Crippen molar-refractivity contribution in [1.82, 2.24) is 19.7 Å². The normalized spacial score (nSPS) is 12.9. The van der Waals surface area contributed by atoms with Gasteiger partial charge < -0.3 is 4.90 Å². The van der Waals surface area contributed by atoms with E-state index in [1.165, 1.54) is 6.33 Å². The van der Waals surface area contributed by atoms with E-state index < -0.39 is 0 Å². The molecule has 0 saturated carbocycles. The molecule has 0 aliphatic rings. The first-order chi connectivity index (χ1) is 10.6. The number of amides is 1. The summed E-state index contributed by atoms with van der Waals surface area (Å²) in [7, 11) is 1.80. The summed E-state index contributed by atoms with van der Waals surface area (Å²) in [4.78, 5) is 17.7. The van der Waals surface area contributed by atoms with Crippen molar-refractivity contribution in [1.29, 1.82) is 0 Å². The van der Waals surface area contributed by atoms with E-state index in [0.29, 0.717) is 0 Å². The molecule has 2 rings (SSSR count). The van der Waals surface area contributed by atoms with E-state index in [4.69, 9.17) is 0 Å². The minimum absolute atomic E-state index is 0.00690. The third-order valence-electron chi connectivity index (χ3n) is 3.53. The van der Waals surface area contributed by atoms with Gasteiger partial charge in [-0.25, -0.2) is 9.67 Å². The third kappa shape index (κ3) is 3.69. The number of carbonyl (C=O) groups is 1. The number of likely N-dealkylation sites (N-methyl/N-ethyl adjacent to an activating group) is 1. The van der Waals surface area contributed by atoms with E-state index in [9.17, 15) is 4.79 Å². The van der Waals surface area contributed by atoms with Crippen LogP contribution in [0.25, 0.3) is 5.69 Å². The molecule has 0 fully saturated rings. The summed E-state index contributed by atoms with van der Waals surface area (Å²) in [5.74, 6) is -0.0223. The quantitative estimate of drug-likeness (QED) is 0.629. The van der Waals surface area contributed by atoms with Crippen molar-refractivity contribution >= 4 is 5.91 Å². The van der Waals surface area contributed by atoms with E-state index in [0.717, 1.165) is 11.3 Å². The van der Waals surface area contributed by atoms with Crippen molar-refractivity contribution in [2.24, 2.45) is 0 Å². The molecule has 0 saturated heterocycles. The average Bonchev–Trinajstić information content (AvgIpc) is 3.08. The van der Waals surface area contributed by atoms with Crippen LogP contribution in [0.3, 0.4) is 0 Å². The molecule has 0 aliphatic heterocycles. The zero-order valence-corrected chi connectivity index (χ0v) is 13.0. The fraction of sp³-hybridized carbons (Fsp3) is 0.235. The molecule has 0 spiro atoms. The number of rotatable bonds is 5. The van der Waals surface area contributed by atoms with Gasteiger partial charge in [0.1, 0.15) is 12.7 Å². The van der Waals surface area contributed by atoms with Gasteiger partial charge in [-0.05, 0) is 31.5 Å². The van der Waals surface area contributed by atoms with Crippen molar-refractivity contribution < 1.29 is 4.79 Å². The van der Waals surface area contributed by atoms with Crippen LogP contribution in [-0.4, -0.2) is 32.6 Å². The van der Waals surface area contributed by atoms with Crippen LogP contribution in [-0.2, 0) is 4.79 Å². The zero-order valence-electron chi connectivity index (χ0n) is 13.0. The number of nitrogens with zero attached hydrogens (tertiary/aromatic N) is 4. The minimum Gasteiger partial charge on any atom is -0.335 e. The number of carbonyl (C=O) groups excluding carboxylic acids is 1. The molecule has 114 valence electrons. The van der Waals surface area contributed by atoms with Crippen molar-refractivity contribution in [3.05, 3.63) is 66.8 Å². The smallest absolute Gasteiger partial charge is 0.246 e. The molecule has 1 unspecified atom stereocenters. The van der Waals surface area contributed by atoms with Gasteiger partial charge >= 0.3 is 0 Å². The van der Waals surface area contributed by atoms with E-state index in [1.54, 1.807) is 35.1 Å². The van der Waals surface area contributed by atoms with Crippen LogP contribution in [0.5, 0.6) is 0 Å². The lowest BCUT2D eigenvalue weighted by atomic mass is 10.1. The Hall–Kier alpha value is -2.69. The first-order valence-corrected chi connectivity index (χ1v) is 7.14. The summed E-state index contributed by atoms with van der Waals surface area (Å²) < 4.78 is 1.70. The largest absolute Gasteiger partial charge is 0.335 e. The second-order valence-corrected chi connectivity index (χ2v) is 4.94. The summed E-state index contributed by atoms with van der Waals surface area (Å²) in [5, 5.41) is 4.09. The Balaban J connectivity index is 2.09. The van der Waals surface area contributed by atoms with Crippen LogP contribution in [0.4, 0.5) is 0 Å². The summed E-state index contributed by atoms with van der Waals surface area (Å²) >= 11 is 0. The second-order valence-electron chi connectivity index (χ2n) is 4.94. The van der Waals surface area contributed by atoms with Gasteiger partial charge in [0.2, 0.25) is 5.91 Å². The maximum atomic E-state index is 12.1. The van der Waals surface area contributed by atoms with Crippen molar-refractivity contribution in [3.8, 4) is 5.69 Å². The van der Waals surface area contributed by atoms with Crippen LogP contribution in [0.2, 0.25) is 0 Å². The first kappa shape index (κ1) is 15.7. The number of benzene rings is 1. The fourth-order valence-electron chi connectivity index (χ4n) is 2.03. The van der Waals surface area contributed by atoms with E-state index in [2.05, 4.69) is 10.1 Å². The average molecular weight is 296 g/mol. The van der Waals surface area contributed by atoms with Crippen molar-refractivity contribution in [2.75, 3.05) is 7.05 Å². The fourth-order valence-corrected chi connectivity index (χ4v) is 2.03. The standard InChI is InChI=1S/C17H20N4O/c1-4-5-6-7-17(22)20(3)14(2)15-8-10-16(11-9-15)21-13-18-12-19-21/h4-14H,1-3H3. The monoisotopic (exact) mass is 296 g/mol. The van der Waals surface area contributed by atoms with Crippen molar-refractivity contribution in [2.45, 2.75) is 19.9 Å². The molecule has 0 aliphatic carbocycles. The van der Waals surface area contributed by atoms with Gasteiger partial charge in [0, 0.05) is 13.1 Å². The number of allylic oxidation sites excluding steroid dienone is 3. The van der Waals surface area contributed by atoms with Crippen LogP contribution in [0.1, 0.15) is 25.5 Å². The molecule has 5 heteroatoms. The van der Waals surface area contributed by atoms with Crippen LogP contribution >= 0.6 is 0 Å². The van der Waals surface area contributed by atoms with Crippen LogP contribution in [0, 0.1) is 0 Å². The summed E-state index contributed by atoms with van der Waals surface area (Å²) in [6, 6.07) is 7.93. The summed E-state index contributed by atoms with van der Waals surface area (Å²) in [6.07, 6.45) is 10.2. The minimum atomic E-state index is -0.0223. The summed E-state index contributed by atoms with van der Waals surface area (Å²) in [6.45, 7) is 3.92. The molecule has 2 aromatic rings. The van der Waals surface area contributed by atoms with Gasteiger partial charge in [-0.2, -0.15) is 5.10 Å². The number of hydrogen-bond acceptors (Lipinski definition) is 3. The molecular weight excluding hydrogens is 276 g/mol. The summed E-state index contributed by atoms with van der Waals surface area (Å²) in [5.41, 5.74) is 2.01. The predicted molar refractivity (Wildman–Crippen MR) is 86.5 cm³/mol. The first-order valence-electron chi connectivity index (χ1n) is 7.14. The maximum absolute atomic E-state index is 12.1. The van der Waals surface area contributed by atoms with Gasteiger partial charge in [-0.3, -0.25) is 4.79 Å². The SMILES string of the molecule is CC=CC=CC(=O)N(C)C(C)c1ccc(-n2cncn2)cc1. The number of aromatic nitrogens is 3. The molecule has 1 atom stereocenters. The highest BCUT2D eigenvalue weighted by Crippen LogP contribution is 2.20. The van der Waals surface area contributed by atoms with Gasteiger partial charge in [0.25, 0.3) is 0 Å². The lowest BCUT2D eigenvalue weighted by molar-refractivity contribution is -0.126. The molecule has 1 aromatic heterocycles. The molecule has 1 aromatic carbocycles. The van der Waals surface area contributed by atoms with Gasteiger partial charge in [-0.1, -0.05) is 30.4 Å². The highest BCUT2D eigenvalue weighted by atomic mass is 16.2. The van der Waals surface area contributed by atoms with Gasteiger partial charge in [0.05, 0.1) is 11.7 Å². The van der Waals surface area contributed by atoms with Crippen LogP contribution < -0.4 is 0 Å². The molecule has 0 bridgehead atoms. The maximum Gasteiger partial charge on any atom is 0.246 e. The van der Waals surface area contributed by atoms with Gasteiger partial charge in [0.15, 0.2) is 0 Å². The zero-order chi connectivity index (χ0) is 15.9. The third-order valence-corrected chi connectivity index (χ3v) is 3.53. The Kier molecular flexibility index (Phi) is 5.25. The Morgan fingerprint density at radius 3 is 2.59 bits per heavy atom. The van der Waals surface area contributed by atoms with Gasteiger partial charge in [-0.15, -0.1) is 0 Å². The van der Waals surface area contributed by atoms with E-state index in [-0.39, 0.29) is 11.9 Å². The van der Waals surface area contributed by atoms with E-state index >= 15 is 0 Å². The molecular formula is C17H20N4O. The predicted octanol–water partition coefficient (Wildman–Crippen LogP) is 2.92. The molecule has 1 heterocycles. The molecule has 0 radical (unpaired) electrons. The topological polar surface area (TPSA) is 51.0 Å². The Bertz CT molecular complexity index is 656. The Labute approximate surface area is 130 Å². The Morgan fingerprint density at radius 2 is 2.00 bits per heavy atom. The Morgan fingerprint density at radius 1 is 1.27 bits per heavy atom. The van der Waals surface area contributed by atoms with E-state index in [1.807, 2.05) is 50.3 Å². The van der Waals surface area contributed by atoms with Crippen molar-refractivity contribution in [3.63, 3.8) is 0 Å². The highest BCUT2D eigenvalue weighted by Gasteiger charge is 2.15.